The Morgan fingerprint density at radius 2 is 2.50 bits per heavy atom. The zero-order chi connectivity index (χ0) is 4.41. The van der Waals surface area contributed by atoms with Crippen molar-refractivity contribution < 1.29 is 10.4 Å². The summed E-state index contributed by atoms with van der Waals surface area (Å²) in [6, 6.07) is 0.546. The van der Waals surface area contributed by atoms with Crippen LogP contribution in [-0.2, 0) is 0 Å². The van der Waals surface area contributed by atoms with Gasteiger partial charge in [-0.3, -0.25) is 0 Å². The van der Waals surface area contributed by atoms with E-state index in [1.54, 1.807) is 0 Å². The van der Waals surface area contributed by atoms with Gasteiger partial charge in [-0.05, 0) is 0 Å². The van der Waals surface area contributed by atoms with Crippen molar-refractivity contribution in [1.29, 1.82) is 0 Å². The second-order valence-electron chi connectivity index (χ2n) is 1.76. The fourth-order valence-corrected chi connectivity index (χ4v) is 0.568. The van der Waals surface area contributed by atoms with E-state index in [1.165, 1.54) is 13.0 Å². The van der Waals surface area contributed by atoms with Crippen molar-refractivity contribution in [2.24, 2.45) is 0 Å². The second-order valence-corrected chi connectivity index (χ2v) is 1.76. The summed E-state index contributed by atoms with van der Waals surface area (Å²) in [6.07, 6.45) is 1.20. The van der Waals surface area contributed by atoms with Crippen LogP contribution in [0.4, 0.5) is 0 Å². The van der Waals surface area contributed by atoms with E-state index in [9.17, 15) is 0 Å². The lowest BCUT2D eigenvalue weighted by molar-refractivity contribution is -0.744. The maximum atomic E-state index is 8.35. The lowest BCUT2D eigenvalue weighted by Gasteiger charge is -2.19. The van der Waals surface area contributed by atoms with E-state index in [1.807, 2.05) is 0 Å². The molecule has 0 aliphatic carbocycles. The molecule has 0 amide bonds. The molecule has 0 aromatic carbocycles. The van der Waals surface area contributed by atoms with Gasteiger partial charge in [0.25, 0.3) is 0 Å². The molecule has 1 aliphatic rings. The lowest BCUT2D eigenvalue weighted by atomic mass is 10.1. The molecule has 2 heteroatoms. The number of aliphatic hydroxyl groups excluding tert-OH is 1. The Hall–Kier alpha value is -0.0800. The fourth-order valence-electron chi connectivity index (χ4n) is 0.568. The second kappa shape index (κ2) is 1.58. The molecule has 1 aliphatic heterocycles. The molecule has 1 atom stereocenters. The minimum Gasteiger partial charge on any atom is -0.390 e. The number of rotatable bonds is 1. The average molecular weight is 88.1 g/mol. The SMILES string of the molecule is OC[C@H]1CC[NH2+]1. The van der Waals surface area contributed by atoms with Crippen molar-refractivity contribution in [3.05, 3.63) is 0 Å². The van der Waals surface area contributed by atoms with Gasteiger partial charge in [-0.25, -0.2) is 0 Å². The molecule has 1 saturated heterocycles. The van der Waals surface area contributed by atoms with Gasteiger partial charge in [-0.1, -0.05) is 0 Å². The van der Waals surface area contributed by atoms with Crippen molar-refractivity contribution in [3.8, 4) is 0 Å². The van der Waals surface area contributed by atoms with Gasteiger partial charge in [0.15, 0.2) is 0 Å². The third kappa shape index (κ3) is 0.533. The highest BCUT2D eigenvalue weighted by atomic mass is 16.3. The van der Waals surface area contributed by atoms with Crippen molar-refractivity contribution >= 4 is 0 Å². The first-order chi connectivity index (χ1) is 2.93. The summed E-state index contributed by atoms with van der Waals surface area (Å²) in [5.74, 6) is 0. The first-order valence-corrected chi connectivity index (χ1v) is 2.37. The highest BCUT2D eigenvalue weighted by molar-refractivity contribution is 4.55. The summed E-state index contributed by atoms with van der Waals surface area (Å²) >= 11 is 0. The van der Waals surface area contributed by atoms with Gasteiger partial charge in [-0.2, -0.15) is 0 Å². The Morgan fingerprint density at radius 3 is 2.50 bits per heavy atom. The third-order valence-corrected chi connectivity index (χ3v) is 1.27. The van der Waals surface area contributed by atoms with Gasteiger partial charge >= 0.3 is 0 Å². The molecule has 0 saturated carbocycles. The molecular weight excluding hydrogens is 78.0 g/mol. The van der Waals surface area contributed by atoms with E-state index in [4.69, 9.17) is 5.11 Å². The maximum absolute atomic E-state index is 8.35. The number of quaternary nitrogens is 1. The molecule has 1 rings (SSSR count). The topological polar surface area (TPSA) is 36.8 Å². The lowest BCUT2D eigenvalue weighted by Crippen LogP contribution is -2.99. The molecule has 2 nitrogen and oxygen atoms in total. The monoisotopic (exact) mass is 88.1 g/mol. The minimum absolute atomic E-state index is 0.361. The van der Waals surface area contributed by atoms with E-state index in [-0.39, 0.29) is 0 Å². The normalized spacial score (nSPS) is 32.5. The first-order valence-electron chi connectivity index (χ1n) is 2.37. The molecule has 0 aromatic heterocycles. The van der Waals surface area contributed by atoms with Crippen LogP contribution in [0.15, 0.2) is 0 Å². The summed E-state index contributed by atoms with van der Waals surface area (Å²) in [6.45, 7) is 1.57. The zero-order valence-corrected chi connectivity index (χ0v) is 3.72. The maximum Gasteiger partial charge on any atom is 0.115 e. The molecule has 0 aromatic rings. The Morgan fingerprint density at radius 1 is 1.83 bits per heavy atom. The van der Waals surface area contributed by atoms with E-state index >= 15 is 0 Å². The summed E-state index contributed by atoms with van der Waals surface area (Å²) in [7, 11) is 0. The highest BCUT2D eigenvalue weighted by Gasteiger charge is 2.18. The van der Waals surface area contributed by atoms with Gasteiger partial charge in [0.2, 0.25) is 0 Å². The number of aliphatic hydroxyl groups is 1. The van der Waals surface area contributed by atoms with Crippen LogP contribution in [-0.4, -0.2) is 24.3 Å². The number of hydrogen-bond donors (Lipinski definition) is 2. The van der Waals surface area contributed by atoms with Gasteiger partial charge in [0.1, 0.15) is 6.04 Å². The molecule has 0 spiro atoms. The molecule has 0 bridgehead atoms. The van der Waals surface area contributed by atoms with Gasteiger partial charge in [-0.15, -0.1) is 0 Å². The van der Waals surface area contributed by atoms with E-state index in [0.717, 1.165) is 0 Å². The summed E-state index contributed by atoms with van der Waals surface area (Å²) in [4.78, 5) is 0. The Labute approximate surface area is 37.2 Å². The van der Waals surface area contributed by atoms with Gasteiger partial charge < -0.3 is 10.4 Å². The van der Waals surface area contributed by atoms with Crippen LogP contribution < -0.4 is 5.32 Å². The molecule has 36 valence electrons. The summed E-state index contributed by atoms with van der Waals surface area (Å²) < 4.78 is 0. The Bertz CT molecular complexity index is 40.1. The smallest absolute Gasteiger partial charge is 0.115 e. The molecule has 0 radical (unpaired) electrons. The minimum atomic E-state index is 0.361. The summed E-state index contributed by atoms with van der Waals surface area (Å²) in [5, 5.41) is 10.5. The summed E-state index contributed by atoms with van der Waals surface area (Å²) in [5.41, 5.74) is 0. The van der Waals surface area contributed by atoms with E-state index < -0.39 is 0 Å². The fraction of sp³-hybridized carbons (Fsp3) is 1.00. The quantitative estimate of drug-likeness (QED) is 0.394. The average Bonchev–Trinajstić information content (AvgIpc) is 1.31. The third-order valence-electron chi connectivity index (χ3n) is 1.27. The van der Waals surface area contributed by atoms with Crippen LogP contribution in [0.5, 0.6) is 0 Å². The number of hydrogen-bond acceptors (Lipinski definition) is 1. The predicted molar refractivity (Wildman–Crippen MR) is 22.3 cm³/mol. The zero-order valence-electron chi connectivity index (χ0n) is 3.72. The first kappa shape index (κ1) is 4.09. The van der Waals surface area contributed by atoms with Crippen LogP contribution in [0.3, 0.4) is 0 Å². The Kier molecular flexibility index (Phi) is 1.08. The molecule has 3 N–H and O–H groups in total. The van der Waals surface area contributed by atoms with E-state index in [2.05, 4.69) is 5.32 Å². The molecule has 0 unspecified atom stereocenters. The molecule has 1 fully saturated rings. The Balaban J connectivity index is 2.01. The number of nitrogens with two attached hydrogens (primary N) is 1. The van der Waals surface area contributed by atoms with Crippen LogP contribution in [0.2, 0.25) is 0 Å². The molecular formula is C4H10NO+. The van der Waals surface area contributed by atoms with Crippen LogP contribution >= 0.6 is 0 Å². The van der Waals surface area contributed by atoms with Gasteiger partial charge in [0.05, 0.1) is 19.6 Å². The van der Waals surface area contributed by atoms with Gasteiger partial charge in [0, 0.05) is 0 Å². The van der Waals surface area contributed by atoms with E-state index in [0.29, 0.717) is 12.6 Å². The molecule has 6 heavy (non-hydrogen) atoms. The van der Waals surface area contributed by atoms with Crippen molar-refractivity contribution in [2.75, 3.05) is 13.2 Å². The van der Waals surface area contributed by atoms with Crippen molar-refractivity contribution in [1.82, 2.24) is 0 Å². The van der Waals surface area contributed by atoms with Crippen molar-refractivity contribution in [3.63, 3.8) is 0 Å². The largest absolute Gasteiger partial charge is 0.390 e. The molecule has 1 heterocycles. The van der Waals surface area contributed by atoms with Crippen molar-refractivity contribution in [2.45, 2.75) is 12.5 Å². The highest BCUT2D eigenvalue weighted by Crippen LogP contribution is 1.86. The standard InChI is InChI=1S/C4H9NO/c6-3-4-1-2-5-4/h4-6H,1-3H2/p+1/t4-/m1/s1. The van der Waals surface area contributed by atoms with Crippen LogP contribution in [0, 0.1) is 0 Å². The van der Waals surface area contributed by atoms with Crippen LogP contribution in [0.1, 0.15) is 6.42 Å². The van der Waals surface area contributed by atoms with Crippen LogP contribution in [0.25, 0.3) is 0 Å². The predicted octanol–water partition coefficient (Wildman–Crippen LogP) is -1.69.